The van der Waals surface area contributed by atoms with Gasteiger partial charge in [0.05, 0.1) is 44.1 Å². The smallest absolute Gasteiger partial charge is 0.316 e. The molecule has 2 atom stereocenters. The van der Waals surface area contributed by atoms with Gasteiger partial charge in [-0.25, -0.2) is 14.4 Å². The van der Waals surface area contributed by atoms with Crippen LogP contribution in [-0.2, 0) is 24.3 Å². The summed E-state index contributed by atoms with van der Waals surface area (Å²) in [7, 11) is 1.54. The molecule has 1 unspecified atom stereocenters. The lowest BCUT2D eigenvalue weighted by molar-refractivity contribution is -0.132. The molecule has 1 amide bonds. The lowest BCUT2D eigenvalue weighted by Gasteiger charge is -2.32. The van der Waals surface area contributed by atoms with Crippen LogP contribution >= 0.6 is 11.6 Å². The SMILES string of the molecule is COc1nnc2n1CCN(C(=O)Cc1ccc(OCC[C@@H]3CC3C3CCN(c4ncc(Cl)cn4)CC3)cc1F)C2. The van der Waals surface area contributed by atoms with E-state index in [1.54, 1.807) is 36.5 Å². The molecule has 0 N–H and O–H groups in total. The number of hydrogen-bond acceptors (Lipinski definition) is 8. The summed E-state index contributed by atoms with van der Waals surface area (Å²) in [6.45, 7) is 3.87. The van der Waals surface area contributed by atoms with Crippen LogP contribution in [0, 0.1) is 23.6 Å². The molecule has 4 heterocycles. The van der Waals surface area contributed by atoms with Crippen molar-refractivity contribution in [2.45, 2.75) is 45.2 Å². The number of methoxy groups -OCH3 is 1. The van der Waals surface area contributed by atoms with Gasteiger partial charge in [0.2, 0.25) is 11.9 Å². The van der Waals surface area contributed by atoms with Crippen LogP contribution in [0.15, 0.2) is 30.6 Å². The van der Waals surface area contributed by atoms with Crippen molar-refractivity contribution in [1.29, 1.82) is 0 Å². The maximum atomic E-state index is 14.8. The van der Waals surface area contributed by atoms with Crippen LogP contribution < -0.4 is 14.4 Å². The molecule has 2 fully saturated rings. The molecule has 1 saturated carbocycles. The summed E-state index contributed by atoms with van der Waals surface area (Å²) in [6.07, 6.45) is 7.78. The monoisotopic (exact) mass is 569 g/mol. The molecule has 12 heteroatoms. The predicted molar refractivity (Wildman–Crippen MR) is 146 cm³/mol. The van der Waals surface area contributed by atoms with Gasteiger partial charge in [0.25, 0.3) is 0 Å². The Balaban J connectivity index is 0.924. The second-order valence-electron chi connectivity index (χ2n) is 10.8. The van der Waals surface area contributed by atoms with Gasteiger partial charge in [-0.15, -0.1) is 5.10 Å². The molecule has 3 aliphatic rings. The molecule has 1 aliphatic carbocycles. The Morgan fingerprint density at radius 3 is 2.67 bits per heavy atom. The molecule has 1 aromatic carbocycles. The van der Waals surface area contributed by atoms with Gasteiger partial charge in [0.1, 0.15) is 11.6 Å². The molecule has 6 rings (SSSR count). The Kier molecular flexibility index (Phi) is 7.73. The number of benzene rings is 1. The first kappa shape index (κ1) is 26.7. The summed E-state index contributed by atoms with van der Waals surface area (Å²) in [5.74, 6) is 3.48. The van der Waals surface area contributed by atoms with Gasteiger partial charge in [0, 0.05) is 32.2 Å². The molecule has 10 nitrogen and oxygen atoms in total. The van der Waals surface area contributed by atoms with E-state index in [1.165, 1.54) is 12.5 Å². The van der Waals surface area contributed by atoms with Crippen molar-refractivity contribution in [3.63, 3.8) is 0 Å². The average molecular weight is 570 g/mol. The number of carbonyl (C=O) groups excluding carboxylic acids is 1. The molecule has 2 aromatic heterocycles. The molecule has 212 valence electrons. The third-order valence-corrected chi connectivity index (χ3v) is 8.59. The Hall–Kier alpha value is -3.47. The molecule has 2 aliphatic heterocycles. The zero-order chi connectivity index (χ0) is 27.6. The highest BCUT2D eigenvalue weighted by Gasteiger charge is 2.43. The maximum absolute atomic E-state index is 14.8. The Morgan fingerprint density at radius 1 is 1.12 bits per heavy atom. The number of fused-ring (bicyclic) bond motifs is 1. The first-order valence-electron chi connectivity index (χ1n) is 13.9. The Morgan fingerprint density at radius 2 is 1.93 bits per heavy atom. The Bertz CT molecular complexity index is 1350. The summed E-state index contributed by atoms with van der Waals surface area (Å²) in [4.78, 5) is 25.4. The van der Waals surface area contributed by atoms with Gasteiger partial charge in [0.15, 0.2) is 5.82 Å². The maximum Gasteiger partial charge on any atom is 0.316 e. The van der Waals surface area contributed by atoms with Crippen molar-refractivity contribution in [2.75, 3.05) is 38.3 Å². The largest absolute Gasteiger partial charge is 0.493 e. The minimum Gasteiger partial charge on any atom is -0.493 e. The number of piperidine rings is 1. The lowest BCUT2D eigenvalue weighted by atomic mass is 9.90. The van der Waals surface area contributed by atoms with Crippen molar-refractivity contribution in [2.24, 2.45) is 17.8 Å². The first-order chi connectivity index (χ1) is 19.5. The van der Waals surface area contributed by atoms with Crippen molar-refractivity contribution < 1.29 is 18.7 Å². The van der Waals surface area contributed by atoms with E-state index in [1.807, 2.05) is 4.57 Å². The normalized spacial score (nSPS) is 20.8. The zero-order valence-corrected chi connectivity index (χ0v) is 23.3. The summed E-state index contributed by atoms with van der Waals surface area (Å²) < 4.78 is 27.7. The molecule has 0 spiro atoms. The van der Waals surface area contributed by atoms with Crippen molar-refractivity contribution in [1.82, 2.24) is 29.6 Å². The number of nitrogens with zero attached hydrogens (tertiary/aromatic N) is 7. The van der Waals surface area contributed by atoms with Gasteiger partial charge in [-0.2, -0.15) is 0 Å². The average Bonchev–Trinajstić information content (AvgIpc) is 3.63. The van der Waals surface area contributed by atoms with Crippen LogP contribution in [0.2, 0.25) is 5.02 Å². The van der Waals surface area contributed by atoms with Crippen molar-refractivity contribution in [3.05, 3.63) is 52.8 Å². The van der Waals surface area contributed by atoms with Crippen LogP contribution in [0.5, 0.6) is 11.8 Å². The van der Waals surface area contributed by atoms with Gasteiger partial charge in [-0.3, -0.25) is 9.36 Å². The zero-order valence-electron chi connectivity index (χ0n) is 22.5. The van der Waals surface area contributed by atoms with E-state index in [2.05, 4.69) is 25.1 Å². The minimum atomic E-state index is -0.423. The third-order valence-electron chi connectivity index (χ3n) is 8.39. The van der Waals surface area contributed by atoms with E-state index in [9.17, 15) is 9.18 Å². The highest BCUT2D eigenvalue weighted by molar-refractivity contribution is 6.30. The van der Waals surface area contributed by atoms with Gasteiger partial charge < -0.3 is 19.3 Å². The number of ether oxygens (including phenoxy) is 2. The number of amides is 1. The molecule has 0 bridgehead atoms. The fourth-order valence-corrected chi connectivity index (χ4v) is 6.13. The van der Waals surface area contributed by atoms with Crippen molar-refractivity contribution >= 4 is 23.5 Å². The van der Waals surface area contributed by atoms with E-state index in [-0.39, 0.29) is 12.3 Å². The third kappa shape index (κ3) is 5.84. The summed E-state index contributed by atoms with van der Waals surface area (Å²) in [5, 5.41) is 8.61. The highest BCUT2D eigenvalue weighted by Crippen LogP contribution is 2.49. The topological polar surface area (TPSA) is 98.5 Å². The molecule has 1 saturated heterocycles. The van der Waals surface area contributed by atoms with Crippen molar-refractivity contribution in [3.8, 4) is 11.8 Å². The fraction of sp³-hybridized carbons (Fsp3) is 0.536. The van der Waals surface area contributed by atoms with Crippen LogP contribution in [0.4, 0.5) is 10.3 Å². The highest BCUT2D eigenvalue weighted by atomic mass is 35.5. The van der Waals surface area contributed by atoms with Gasteiger partial charge >= 0.3 is 6.01 Å². The summed E-state index contributed by atoms with van der Waals surface area (Å²) in [5.41, 5.74) is 0.361. The standard InChI is InChI=1S/C28H33ClFN7O3/c1-39-28-34-33-25-17-36(9-10-37(25)28)26(38)13-20-2-3-22(14-24(20)30)40-11-6-19-12-23(19)18-4-7-35(8-5-18)27-31-15-21(29)16-32-27/h2-3,14-16,18-19,23H,4-13,17H2,1H3/t19-,23?/m1/s1. The number of anilines is 1. The summed E-state index contributed by atoms with van der Waals surface area (Å²) in [6, 6.07) is 5.23. The van der Waals surface area contributed by atoms with E-state index in [4.69, 9.17) is 21.1 Å². The number of aromatic nitrogens is 5. The van der Waals surface area contributed by atoms with Gasteiger partial charge in [-0.05, 0) is 55.1 Å². The molecule has 40 heavy (non-hydrogen) atoms. The van der Waals surface area contributed by atoms with Crippen LogP contribution in [0.25, 0.3) is 0 Å². The van der Waals surface area contributed by atoms with E-state index < -0.39 is 5.82 Å². The van der Waals surface area contributed by atoms with Crippen LogP contribution in [-0.4, -0.2) is 68.9 Å². The number of rotatable bonds is 9. The van der Waals surface area contributed by atoms with Gasteiger partial charge in [-0.1, -0.05) is 22.8 Å². The second kappa shape index (κ2) is 11.6. The van der Waals surface area contributed by atoms with E-state index in [0.29, 0.717) is 60.3 Å². The molecular weight excluding hydrogens is 537 g/mol. The van der Waals surface area contributed by atoms with Crippen LogP contribution in [0.1, 0.15) is 37.1 Å². The molecule has 0 radical (unpaired) electrons. The number of hydrogen-bond donors (Lipinski definition) is 0. The fourth-order valence-electron chi connectivity index (χ4n) is 6.04. The van der Waals surface area contributed by atoms with E-state index >= 15 is 0 Å². The first-order valence-corrected chi connectivity index (χ1v) is 14.2. The quantitative estimate of drug-likeness (QED) is 0.384. The number of halogens is 2. The van der Waals surface area contributed by atoms with Crippen LogP contribution in [0.3, 0.4) is 0 Å². The minimum absolute atomic E-state index is 0.00982. The van der Waals surface area contributed by atoms with E-state index in [0.717, 1.165) is 50.1 Å². The second-order valence-corrected chi connectivity index (χ2v) is 11.3. The molecule has 3 aromatic rings. The Labute approximate surface area is 237 Å². The lowest BCUT2D eigenvalue weighted by Crippen LogP contribution is -2.39. The number of carbonyl (C=O) groups is 1. The molecular formula is C28H33ClFN7O3. The summed E-state index contributed by atoms with van der Waals surface area (Å²) >= 11 is 5.90. The predicted octanol–water partition coefficient (Wildman–Crippen LogP) is 3.78.